The Morgan fingerprint density at radius 1 is 0.867 bits per heavy atom. The van der Waals surface area contributed by atoms with Crippen molar-refractivity contribution >= 4 is 11.9 Å². The second-order valence-corrected chi connectivity index (χ2v) is 7.52. The molecule has 0 rings (SSSR count). The minimum atomic E-state index is -0.722. The molecule has 0 saturated heterocycles. The molecule has 0 radical (unpaired) electrons. The number of nitrogens with one attached hydrogen (secondary N) is 1. The summed E-state index contributed by atoms with van der Waals surface area (Å²) in [5.41, 5.74) is 0.658. The number of ether oxygens (including phenoxy) is 2. The van der Waals surface area contributed by atoms with Crippen molar-refractivity contribution in [1.29, 1.82) is 0 Å². The largest absolute Gasteiger partial charge is 0.460 e. The van der Waals surface area contributed by atoms with Gasteiger partial charge >= 0.3 is 11.9 Å². The van der Waals surface area contributed by atoms with Gasteiger partial charge in [-0.25, -0.2) is 9.59 Å². The van der Waals surface area contributed by atoms with E-state index in [0.29, 0.717) is 24.1 Å². The van der Waals surface area contributed by atoms with Crippen LogP contribution in [0.25, 0.3) is 0 Å². The fourth-order valence-corrected chi connectivity index (χ4v) is 2.40. The first-order valence-corrected chi connectivity index (χ1v) is 10.6. The molecule has 0 aromatic heterocycles. The van der Waals surface area contributed by atoms with Crippen molar-refractivity contribution < 1.29 is 29.3 Å². The summed E-state index contributed by atoms with van der Waals surface area (Å²) >= 11 is 0. The first-order chi connectivity index (χ1) is 14.2. The van der Waals surface area contributed by atoms with E-state index in [1.165, 1.54) is 0 Å². The predicted octanol–water partition coefficient (Wildman–Crippen LogP) is 2.82. The van der Waals surface area contributed by atoms with Gasteiger partial charge in [0.2, 0.25) is 0 Å². The van der Waals surface area contributed by atoms with Crippen LogP contribution in [-0.4, -0.2) is 60.7 Å². The molecule has 0 bridgehead atoms. The number of aliphatic hydroxyl groups is 2. The van der Waals surface area contributed by atoms with Crippen LogP contribution >= 0.6 is 0 Å². The van der Waals surface area contributed by atoms with E-state index in [4.69, 9.17) is 9.47 Å². The average Bonchev–Trinajstić information content (AvgIpc) is 2.70. The maximum Gasteiger partial charge on any atom is 0.333 e. The van der Waals surface area contributed by atoms with Crippen LogP contribution in [0.1, 0.15) is 58.8 Å². The summed E-state index contributed by atoms with van der Waals surface area (Å²) in [6.45, 7) is 11.3. The molecule has 0 fully saturated rings. The van der Waals surface area contributed by atoms with Gasteiger partial charge in [-0.15, -0.1) is 0 Å². The summed E-state index contributed by atoms with van der Waals surface area (Å²) in [5.74, 6) is -0.950. The Labute approximate surface area is 180 Å². The number of carbonyl (C=O) groups excluding carboxylic acids is 2. The van der Waals surface area contributed by atoms with E-state index in [9.17, 15) is 19.8 Å². The van der Waals surface area contributed by atoms with Crippen LogP contribution < -0.4 is 5.32 Å². The highest BCUT2D eigenvalue weighted by Gasteiger charge is 2.09. The van der Waals surface area contributed by atoms with Crippen LogP contribution in [0.2, 0.25) is 0 Å². The fraction of sp³-hybridized carbons (Fsp3) is 0.652. The van der Waals surface area contributed by atoms with Gasteiger partial charge in [-0.3, -0.25) is 0 Å². The molecule has 0 aromatic rings. The van der Waals surface area contributed by atoms with Gasteiger partial charge in [-0.05, 0) is 52.5 Å². The van der Waals surface area contributed by atoms with E-state index in [2.05, 4.69) is 30.6 Å². The minimum absolute atomic E-state index is 0.0241. The lowest BCUT2D eigenvalue weighted by molar-refractivity contribution is -0.142. The smallest absolute Gasteiger partial charge is 0.333 e. The second-order valence-electron chi connectivity index (χ2n) is 7.52. The Morgan fingerprint density at radius 2 is 1.40 bits per heavy atom. The van der Waals surface area contributed by atoms with Crippen molar-refractivity contribution in [3.63, 3.8) is 0 Å². The van der Waals surface area contributed by atoms with E-state index >= 15 is 0 Å². The topological polar surface area (TPSA) is 105 Å². The Bertz CT molecular complexity index is 510. The van der Waals surface area contributed by atoms with Gasteiger partial charge in [0.1, 0.15) is 19.3 Å². The summed E-state index contributed by atoms with van der Waals surface area (Å²) in [5, 5.41) is 22.6. The summed E-state index contributed by atoms with van der Waals surface area (Å²) < 4.78 is 9.80. The molecule has 2 unspecified atom stereocenters. The predicted molar refractivity (Wildman–Crippen MR) is 118 cm³/mol. The molecule has 0 heterocycles. The third-order valence-corrected chi connectivity index (χ3v) is 4.19. The number of hydrogen-bond donors (Lipinski definition) is 3. The molecule has 7 nitrogen and oxygen atoms in total. The molecule has 0 spiro atoms. The fourth-order valence-electron chi connectivity index (χ4n) is 2.40. The maximum atomic E-state index is 11.2. The van der Waals surface area contributed by atoms with Gasteiger partial charge < -0.3 is 25.0 Å². The third kappa shape index (κ3) is 16.9. The average molecular weight is 426 g/mol. The molecule has 30 heavy (non-hydrogen) atoms. The standard InChI is InChI=1S/C23H39NO6/c1-18(2)22(27)29-16-20(25)13-11-9-7-5-6-8-10-12-14-24-15-21(26)17-30-23(28)19(3)4/h6,8,20-21,24-26H,1,3,5,7,9-17H2,2,4H3/b8-6+. The van der Waals surface area contributed by atoms with Gasteiger partial charge in [-0.2, -0.15) is 0 Å². The lowest BCUT2D eigenvalue weighted by Gasteiger charge is -2.12. The monoisotopic (exact) mass is 425 g/mol. The molecular formula is C23H39NO6. The zero-order valence-electron chi connectivity index (χ0n) is 18.5. The van der Waals surface area contributed by atoms with Gasteiger partial charge in [0.05, 0.1) is 6.10 Å². The van der Waals surface area contributed by atoms with Crippen LogP contribution in [0.3, 0.4) is 0 Å². The van der Waals surface area contributed by atoms with Gasteiger partial charge in [-0.1, -0.05) is 38.2 Å². The summed E-state index contributed by atoms with van der Waals surface area (Å²) in [4.78, 5) is 22.4. The highest BCUT2D eigenvalue weighted by atomic mass is 16.5. The van der Waals surface area contributed by atoms with Crippen LogP contribution in [-0.2, 0) is 19.1 Å². The highest BCUT2D eigenvalue weighted by Crippen LogP contribution is 2.08. The molecule has 0 aliphatic rings. The molecule has 0 aromatic carbocycles. The number of esters is 2. The zero-order chi connectivity index (χ0) is 22.8. The molecule has 0 aliphatic carbocycles. The number of unbranched alkanes of at least 4 members (excludes halogenated alkanes) is 4. The van der Waals surface area contributed by atoms with Crippen molar-refractivity contribution in [2.75, 3.05) is 26.3 Å². The minimum Gasteiger partial charge on any atom is -0.460 e. The number of carbonyl (C=O) groups is 2. The second kappa shape index (κ2) is 17.9. The lowest BCUT2D eigenvalue weighted by Crippen LogP contribution is -2.31. The first-order valence-electron chi connectivity index (χ1n) is 10.6. The van der Waals surface area contributed by atoms with Crippen molar-refractivity contribution in [3.8, 4) is 0 Å². The van der Waals surface area contributed by atoms with Gasteiger partial charge in [0.15, 0.2) is 0 Å². The summed E-state index contributed by atoms with van der Waals surface area (Å²) in [6.07, 6.45) is 9.49. The molecular weight excluding hydrogens is 386 g/mol. The van der Waals surface area contributed by atoms with Gasteiger partial charge in [0.25, 0.3) is 0 Å². The van der Waals surface area contributed by atoms with Crippen molar-refractivity contribution in [2.45, 2.75) is 71.0 Å². The van der Waals surface area contributed by atoms with E-state index < -0.39 is 24.1 Å². The summed E-state index contributed by atoms with van der Waals surface area (Å²) in [7, 11) is 0. The van der Waals surface area contributed by atoms with Crippen LogP contribution in [0.4, 0.5) is 0 Å². The van der Waals surface area contributed by atoms with Crippen LogP contribution in [0, 0.1) is 0 Å². The SMILES string of the molecule is C=C(C)C(=O)OCC(O)CCCCC/C=C/CCCNCC(O)COC(=O)C(=C)C. The molecule has 0 amide bonds. The summed E-state index contributed by atoms with van der Waals surface area (Å²) in [6, 6.07) is 0. The van der Waals surface area contributed by atoms with E-state index in [0.717, 1.165) is 45.1 Å². The Balaban J connectivity index is 3.47. The Kier molecular flexibility index (Phi) is 16.7. The van der Waals surface area contributed by atoms with E-state index in [1.807, 2.05) is 0 Å². The molecule has 0 aliphatic heterocycles. The van der Waals surface area contributed by atoms with Crippen molar-refractivity contribution in [1.82, 2.24) is 5.32 Å². The van der Waals surface area contributed by atoms with E-state index in [-0.39, 0.29) is 13.2 Å². The first kappa shape index (κ1) is 28.0. The van der Waals surface area contributed by atoms with Crippen LogP contribution in [0.15, 0.2) is 36.5 Å². The maximum absolute atomic E-state index is 11.2. The lowest BCUT2D eigenvalue weighted by atomic mass is 10.1. The highest BCUT2D eigenvalue weighted by molar-refractivity contribution is 5.87. The number of aliphatic hydroxyl groups excluding tert-OH is 2. The van der Waals surface area contributed by atoms with Crippen molar-refractivity contribution in [2.24, 2.45) is 0 Å². The van der Waals surface area contributed by atoms with Gasteiger partial charge in [0, 0.05) is 17.7 Å². The molecule has 172 valence electrons. The molecule has 2 atom stereocenters. The molecule has 3 N–H and O–H groups in total. The van der Waals surface area contributed by atoms with E-state index in [1.54, 1.807) is 13.8 Å². The zero-order valence-corrected chi connectivity index (χ0v) is 18.5. The number of hydrogen-bond acceptors (Lipinski definition) is 7. The van der Waals surface area contributed by atoms with Crippen LogP contribution in [0.5, 0.6) is 0 Å². The normalized spacial score (nSPS) is 13.1. The Hall–Kier alpha value is -1.96. The number of allylic oxidation sites excluding steroid dienone is 2. The quantitative estimate of drug-likeness (QED) is 0.134. The molecule has 7 heteroatoms. The third-order valence-electron chi connectivity index (χ3n) is 4.19. The Morgan fingerprint density at radius 3 is 1.97 bits per heavy atom. The molecule has 0 saturated carbocycles. The van der Waals surface area contributed by atoms with Crippen molar-refractivity contribution in [3.05, 3.63) is 36.5 Å². The number of rotatable bonds is 18.